The summed E-state index contributed by atoms with van der Waals surface area (Å²) in [4.78, 5) is 17.2. The number of benzene rings is 2. The van der Waals surface area contributed by atoms with E-state index in [1.165, 1.54) is 87.4 Å². The van der Waals surface area contributed by atoms with Crippen LogP contribution in [-0.4, -0.2) is 86.9 Å². The molecule has 0 aromatic heterocycles. The highest BCUT2D eigenvalue weighted by atomic mass is 32.2. The third kappa shape index (κ3) is 16.3. The van der Waals surface area contributed by atoms with E-state index in [0.717, 1.165) is 105 Å². The summed E-state index contributed by atoms with van der Waals surface area (Å²) in [7, 11) is 1.00. The highest BCUT2D eigenvalue weighted by Crippen LogP contribution is 2.44. The zero-order valence-corrected chi connectivity index (χ0v) is 39.4. The van der Waals surface area contributed by atoms with E-state index in [0.29, 0.717) is 11.8 Å². The highest BCUT2D eigenvalue weighted by molar-refractivity contribution is 7.99. The second kappa shape index (κ2) is 27.5. The summed E-state index contributed by atoms with van der Waals surface area (Å²) >= 11 is 2.01. The van der Waals surface area contributed by atoms with Crippen molar-refractivity contribution in [3.05, 3.63) is 70.8 Å². The molecule has 0 bridgehead atoms. The minimum Gasteiger partial charge on any atom is -0.491 e. The number of aliphatic hydroxyl groups is 1. The first-order chi connectivity index (χ1) is 28.0. The average molecular weight is 821 g/mol. The summed E-state index contributed by atoms with van der Waals surface area (Å²) < 4.78 is 11.6. The number of carbonyl (C=O) groups is 1. The molecule has 3 fully saturated rings. The van der Waals surface area contributed by atoms with E-state index in [1.807, 2.05) is 23.9 Å². The Kier molecular flexibility index (Phi) is 23.7. The Balaban J connectivity index is 0.000000366. The van der Waals surface area contributed by atoms with Crippen LogP contribution in [0.4, 0.5) is 5.69 Å². The summed E-state index contributed by atoms with van der Waals surface area (Å²) in [6, 6.07) is 12.6. The number of fused-ring (bicyclic) bond motifs is 1. The molecule has 0 spiro atoms. The molecule has 0 radical (unpaired) electrons. The van der Waals surface area contributed by atoms with Gasteiger partial charge in [-0.3, -0.25) is 9.69 Å². The highest BCUT2D eigenvalue weighted by Gasteiger charge is 2.37. The maximum atomic E-state index is 12.1. The molecule has 0 amide bonds. The van der Waals surface area contributed by atoms with Gasteiger partial charge in [-0.25, -0.2) is 0 Å². The quantitative estimate of drug-likeness (QED) is 0.134. The van der Waals surface area contributed by atoms with Crippen molar-refractivity contribution < 1.29 is 19.4 Å². The Morgan fingerprint density at radius 3 is 2.29 bits per heavy atom. The largest absolute Gasteiger partial charge is 0.491 e. The number of Topliss-reactive ketones (excluding diaryl/α,β-unsaturated/α-hetero) is 1. The monoisotopic (exact) mass is 821 g/mol. The van der Waals surface area contributed by atoms with E-state index in [9.17, 15) is 4.79 Å². The Labute approximate surface area is 360 Å². The zero-order chi connectivity index (χ0) is 42.5. The van der Waals surface area contributed by atoms with Crippen molar-refractivity contribution in [3.63, 3.8) is 0 Å². The van der Waals surface area contributed by atoms with Crippen LogP contribution < -0.4 is 9.64 Å². The second-order valence-electron chi connectivity index (χ2n) is 17.6. The summed E-state index contributed by atoms with van der Waals surface area (Å²) in [5, 5.41) is 7.78. The zero-order valence-electron chi connectivity index (χ0n) is 38.6. The van der Waals surface area contributed by atoms with Gasteiger partial charge < -0.3 is 19.5 Å². The number of aliphatic hydroxyl groups excluding tert-OH is 1. The van der Waals surface area contributed by atoms with Crippen molar-refractivity contribution in [1.29, 1.82) is 0 Å². The van der Waals surface area contributed by atoms with Crippen LogP contribution in [-0.2, 0) is 11.2 Å². The number of ether oxygens (including phenoxy) is 2. The molecule has 2 saturated carbocycles. The van der Waals surface area contributed by atoms with Crippen LogP contribution in [0.5, 0.6) is 5.75 Å². The van der Waals surface area contributed by atoms with E-state index in [2.05, 4.69) is 101 Å². The van der Waals surface area contributed by atoms with Crippen molar-refractivity contribution >= 4 is 23.2 Å². The number of allylic oxidation sites excluding steroid dienone is 2. The lowest BCUT2D eigenvalue weighted by molar-refractivity contribution is 0.0356. The van der Waals surface area contributed by atoms with Gasteiger partial charge in [0.25, 0.3) is 0 Å². The molecule has 6 unspecified atom stereocenters. The Bertz CT molecular complexity index is 1460. The van der Waals surface area contributed by atoms with Crippen LogP contribution in [0.1, 0.15) is 133 Å². The van der Waals surface area contributed by atoms with Crippen LogP contribution >= 0.6 is 11.8 Å². The fourth-order valence-electron chi connectivity index (χ4n) is 9.11. The Morgan fingerprint density at radius 2 is 1.71 bits per heavy atom. The van der Waals surface area contributed by atoms with Crippen molar-refractivity contribution in [1.82, 2.24) is 4.90 Å². The first-order valence-corrected chi connectivity index (χ1v) is 24.4. The van der Waals surface area contributed by atoms with E-state index in [1.54, 1.807) is 6.92 Å². The topological polar surface area (TPSA) is 62.2 Å². The summed E-state index contributed by atoms with van der Waals surface area (Å²) in [6.45, 7) is 25.5. The first-order valence-electron chi connectivity index (χ1n) is 23.1. The maximum Gasteiger partial charge on any atom is 0.159 e. The van der Waals surface area contributed by atoms with Gasteiger partial charge in [-0.2, -0.15) is 11.8 Å². The SMILES string of the molecule is CC1CC(C)C1C.CCC(CC/C=C/C(CCCN1CCOCC1)C1CCC1CN1CCCOc2ccc(C(C)=O)cc21)SC.CCCc1cc(C)ccc1C.CO. The number of morpholine rings is 1. The third-order valence-corrected chi connectivity index (χ3v) is 14.8. The number of aryl methyl sites for hydroxylation is 3. The van der Waals surface area contributed by atoms with Crippen LogP contribution in [0, 0.1) is 49.4 Å². The predicted molar refractivity (Wildman–Crippen MR) is 251 cm³/mol. The lowest BCUT2D eigenvalue weighted by Gasteiger charge is -2.44. The van der Waals surface area contributed by atoms with E-state index >= 15 is 0 Å². The second-order valence-corrected chi connectivity index (χ2v) is 18.8. The third-order valence-electron chi connectivity index (χ3n) is 13.5. The molecule has 328 valence electrons. The van der Waals surface area contributed by atoms with Gasteiger partial charge in [0.15, 0.2) is 5.78 Å². The first kappa shape index (κ1) is 50.0. The van der Waals surface area contributed by atoms with E-state index in [4.69, 9.17) is 14.6 Å². The van der Waals surface area contributed by atoms with Crippen molar-refractivity contribution in [2.24, 2.45) is 35.5 Å². The van der Waals surface area contributed by atoms with E-state index < -0.39 is 0 Å². The molecule has 2 aromatic rings. The fourth-order valence-corrected chi connectivity index (χ4v) is 9.82. The smallest absolute Gasteiger partial charge is 0.159 e. The van der Waals surface area contributed by atoms with Gasteiger partial charge in [-0.15, -0.1) is 0 Å². The number of hydrogen-bond donors (Lipinski definition) is 1. The fraction of sp³-hybridized carbons (Fsp3) is 0.706. The minimum atomic E-state index is 0.121. The molecule has 2 aliphatic carbocycles. The van der Waals surface area contributed by atoms with Crippen LogP contribution in [0.25, 0.3) is 0 Å². The number of anilines is 1. The molecule has 6 rings (SSSR count). The molecular weight excluding hydrogens is 737 g/mol. The standard InChI is InChI=1S/C32H50N2O3S.C11H16.C7H14.CH4O/c1-4-29(38-3)11-6-5-9-26(10-7-16-33-18-21-36-22-19-33)30-14-12-28(30)24-34-17-8-20-37-32-15-13-27(25(2)35)23-31(32)34;1-4-5-11-8-9(2)6-7-10(11)3;1-5-4-6(2)7(5)3;1-2/h5,9,13,15,23,26,28-30H,4,6-8,10-12,14,16-22,24H2,1-3H3;6-8H,4-5H2,1-3H3;5-7H,4H2,1-3H3;2H,1H3/b9-5+;;;. The Morgan fingerprint density at radius 1 is 0.966 bits per heavy atom. The molecule has 6 nitrogen and oxygen atoms in total. The number of hydrogen-bond acceptors (Lipinski definition) is 7. The molecule has 1 N–H and O–H groups in total. The normalized spacial score (nSPS) is 23.8. The van der Waals surface area contributed by atoms with Gasteiger partial charge in [-0.05, 0) is 163 Å². The number of nitrogens with zero attached hydrogens (tertiary/aromatic N) is 2. The van der Waals surface area contributed by atoms with Gasteiger partial charge in [0.1, 0.15) is 5.75 Å². The summed E-state index contributed by atoms with van der Waals surface area (Å²) in [5.41, 5.74) is 6.20. The van der Waals surface area contributed by atoms with Gasteiger partial charge >= 0.3 is 0 Å². The average Bonchev–Trinajstić information content (AvgIpc) is 3.44. The number of thioether (sulfide) groups is 1. The molecule has 7 heteroatoms. The maximum absolute atomic E-state index is 12.1. The van der Waals surface area contributed by atoms with Crippen LogP contribution in [0.15, 0.2) is 48.6 Å². The summed E-state index contributed by atoms with van der Waals surface area (Å²) in [6.07, 6.45) is 21.2. The van der Waals surface area contributed by atoms with Crippen molar-refractivity contribution in [3.8, 4) is 5.75 Å². The molecular formula is C51H84N2O4S. The molecule has 4 aliphatic rings. The minimum absolute atomic E-state index is 0.121. The molecule has 2 aliphatic heterocycles. The van der Waals surface area contributed by atoms with Crippen LogP contribution in [0.3, 0.4) is 0 Å². The predicted octanol–water partition coefficient (Wildman–Crippen LogP) is 11.9. The van der Waals surface area contributed by atoms with Crippen molar-refractivity contribution in [2.45, 2.75) is 131 Å². The van der Waals surface area contributed by atoms with E-state index in [-0.39, 0.29) is 5.78 Å². The lowest BCUT2D eigenvalue weighted by Crippen LogP contribution is -2.41. The Hall–Kier alpha value is -2.32. The molecule has 2 heterocycles. The summed E-state index contributed by atoms with van der Waals surface area (Å²) in [5.74, 6) is 6.19. The van der Waals surface area contributed by atoms with Gasteiger partial charge in [-0.1, -0.05) is 77.0 Å². The molecule has 2 aromatic carbocycles. The number of carbonyl (C=O) groups excluding carboxylic acids is 1. The molecule has 58 heavy (non-hydrogen) atoms. The number of rotatable bonds is 16. The number of ketones is 1. The van der Waals surface area contributed by atoms with Crippen molar-refractivity contribution in [2.75, 3.05) is 70.8 Å². The molecule has 6 atom stereocenters. The van der Waals surface area contributed by atoms with Gasteiger partial charge in [0, 0.05) is 44.1 Å². The van der Waals surface area contributed by atoms with Crippen LogP contribution in [0.2, 0.25) is 0 Å². The molecule has 1 saturated heterocycles. The van der Waals surface area contributed by atoms with Gasteiger partial charge in [0.2, 0.25) is 0 Å². The lowest BCUT2D eigenvalue weighted by atomic mass is 9.65. The van der Waals surface area contributed by atoms with Gasteiger partial charge in [0.05, 0.1) is 25.5 Å².